The van der Waals surface area contributed by atoms with Gasteiger partial charge in [0.25, 0.3) is 5.91 Å². The monoisotopic (exact) mass is 364 g/mol. The van der Waals surface area contributed by atoms with Crippen LogP contribution in [-0.4, -0.2) is 67.3 Å². The van der Waals surface area contributed by atoms with Crippen LogP contribution in [-0.2, 0) is 9.84 Å². The summed E-state index contributed by atoms with van der Waals surface area (Å²) in [5, 5.41) is 0. The van der Waals surface area contributed by atoms with Gasteiger partial charge in [0.15, 0.2) is 9.84 Å². The first kappa shape index (κ1) is 18.4. The molecule has 0 saturated carbocycles. The highest BCUT2D eigenvalue weighted by Crippen LogP contribution is 2.29. The second-order valence-electron chi connectivity index (χ2n) is 7.98. The summed E-state index contributed by atoms with van der Waals surface area (Å²) in [6.07, 6.45) is 0. The van der Waals surface area contributed by atoms with Crippen molar-refractivity contribution >= 4 is 15.7 Å². The van der Waals surface area contributed by atoms with Crippen LogP contribution in [0, 0.1) is 19.8 Å². The van der Waals surface area contributed by atoms with Gasteiger partial charge in [-0.2, -0.15) is 0 Å². The third-order valence-electron chi connectivity index (χ3n) is 5.12. The largest absolute Gasteiger partial charge is 0.332 e. The highest BCUT2D eigenvalue weighted by molar-refractivity contribution is 7.91. The molecule has 2 fully saturated rings. The number of benzene rings is 1. The summed E-state index contributed by atoms with van der Waals surface area (Å²) < 4.78 is 24.6. The van der Waals surface area contributed by atoms with E-state index >= 15 is 0 Å². The SMILES string of the molecule is Cc1cc(C)cc(C(=O)N2CCN(CC(C)C)C3CS(=O)(=O)CC32)c1. The molecule has 2 atom stereocenters. The van der Waals surface area contributed by atoms with Gasteiger partial charge < -0.3 is 4.90 Å². The first-order valence-electron chi connectivity index (χ1n) is 9.00. The summed E-state index contributed by atoms with van der Waals surface area (Å²) in [7, 11) is -3.10. The number of hydrogen-bond acceptors (Lipinski definition) is 4. The molecule has 2 unspecified atom stereocenters. The summed E-state index contributed by atoms with van der Waals surface area (Å²) in [5.74, 6) is 0.692. The fourth-order valence-electron chi connectivity index (χ4n) is 4.24. The Kier molecular flexibility index (Phi) is 4.95. The van der Waals surface area contributed by atoms with Crippen molar-refractivity contribution in [2.45, 2.75) is 39.8 Å². The third-order valence-corrected chi connectivity index (χ3v) is 6.82. The van der Waals surface area contributed by atoms with Gasteiger partial charge in [0.2, 0.25) is 0 Å². The number of hydrogen-bond donors (Lipinski definition) is 0. The number of sulfone groups is 1. The van der Waals surface area contributed by atoms with E-state index in [0.717, 1.165) is 24.2 Å². The first-order valence-corrected chi connectivity index (χ1v) is 10.8. The van der Waals surface area contributed by atoms with Crippen molar-refractivity contribution in [3.8, 4) is 0 Å². The Morgan fingerprint density at radius 3 is 2.28 bits per heavy atom. The normalized spacial score (nSPS) is 26.0. The lowest BCUT2D eigenvalue weighted by Gasteiger charge is -2.44. The van der Waals surface area contributed by atoms with Crippen LogP contribution in [0.5, 0.6) is 0 Å². The number of aryl methyl sites for hydroxylation is 2. The Morgan fingerprint density at radius 1 is 1.08 bits per heavy atom. The molecule has 0 radical (unpaired) electrons. The van der Waals surface area contributed by atoms with E-state index in [1.165, 1.54) is 0 Å². The van der Waals surface area contributed by atoms with Crippen molar-refractivity contribution in [3.63, 3.8) is 0 Å². The molecule has 6 heteroatoms. The minimum absolute atomic E-state index is 0.0388. The predicted octanol–water partition coefficient (Wildman–Crippen LogP) is 1.88. The van der Waals surface area contributed by atoms with E-state index < -0.39 is 9.84 Å². The maximum atomic E-state index is 13.1. The first-order chi connectivity index (χ1) is 11.7. The molecule has 3 rings (SSSR count). The summed E-state index contributed by atoms with van der Waals surface area (Å²) in [6, 6.07) is 5.53. The Morgan fingerprint density at radius 2 is 1.68 bits per heavy atom. The summed E-state index contributed by atoms with van der Waals surface area (Å²) in [6.45, 7) is 10.5. The van der Waals surface area contributed by atoms with E-state index in [9.17, 15) is 13.2 Å². The zero-order valence-corrected chi connectivity index (χ0v) is 16.3. The molecule has 2 heterocycles. The molecule has 0 spiro atoms. The summed E-state index contributed by atoms with van der Waals surface area (Å²) >= 11 is 0. The van der Waals surface area contributed by atoms with Crippen LogP contribution in [0.1, 0.15) is 35.3 Å². The van der Waals surface area contributed by atoms with Crippen molar-refractivity contribution in [1.29, 1.82) is 0 Å². The number of piperazine rings is 1. The van der Waals surface area contributed by atoms with E-state index in [0.29, 0.717) is 18.0 Å². The van der Waals surface area contributed by atoms with Gasteiger partial charge in [-0.3, -0.25) is 9.69 Å². The minimum Gasteiger partial charge on any atom is -0.332 e. The van der Waals surface area contributed by atoms with E-state index in [-0.39, 0.29) is 29.5 Å². The lowest BCUT2D eigenvalue weighted by Crippen LogP contribution is -2.61. The van der Waals surface area contributed by atoms with E-state index in [2.05, 4.69) is 18.7 Å². The average Bonchev–Trinajstić information content (AvgIpc) is 2.81. The van der Waals surface area contributed by atoms with Gasteiger partial charge in [-0.05, 0) is 31.9 Å². The molecule has 1 aromatic rings. The number of fused-ring (bicyclic) bond motifs is 1. The zero-order chi connectivity index (χ0) is 18.4. The van der Waals surface area contributed by atoms with Crippen molar-refractivity contribution < 1.29 is 13.2 Å². The Balaban J connectivity index is 1.89. The standard InChI is InChI=1S/C19H28N2O3S/c1-13(2)10-20-5-6-21(18-12-25(23,24)11-17(18)20)19(22)16-8-14(3)7-15(4)9-16/h7-9,13,17-18H,5-6,10-12H2,1-4H3. The van der Waals surface area contributed by atoms with Crippen LogP contribution in [0.2, 0.25) is 0 Å². The van der Waals surface area contributed by atoms with Crippen LogP contribution in [0.3, 0.4) is 0 Å². The molecule has 0 bridgehead atoms. The second kappa shape index (κ2) is 6.72. The third kappa shape index (κ3) is 3.90. The highest BCUT2D eigenvalue weighted by Gasteiger charge is 2.48. The van der Waals surface area contributed by atoms with Gasteiger partial charge in [-0.15, -0.1) is 0 Å². The molecule has 0 aromatic heterocycles. The second-order valence-corrected chi connectivity index (χ2v) is 10.1. The van der Waals surface area contributed by atoms with Gasteiger partial charge in [0, 0.05) is 31.2 Å². The van der Waals surface area contributed by atoms with Crippen LogP contribution in [0.25, 0.3) is 0 Å². The lowest BCUT2D eigenvalue weighted by atomic mass is 10.0. The van der Waals surface area contributed by atoms with Crippen molar-refractivity contribution in [3.05, 3.63) is 34.9 Å². The quantitative estimate of drug-likeness (QED) is 0.822. The Labute approximate surface area is 150 Å². The molecule has 1 aromatic carbocycles. The fraction of sp³-hybridized carbons (Fsp3) is 0.632. The van der Waals surface area contributed by atoms with Gasteiger partial charge in [-0.1, -0.05) is 31.0 Å². The number of carbonyl (C=O) groups is 1. The molecular weight excluding hydrogens is 336 g/mol. The van der Waals surface area contributed by atoms with Gasteiger partial charge in [0.1, 0.15) is 0 Å². The molecule has 25 heavy (non-hydrogen) atoms. The number of amides is 1. The topological polar surface area (TPSA) is 57.7 Å². The fourth-order valence-corrected chi connectivity index (χ4v) is 6.25. The predicted molar refractivity (Wildman–Crippen MR) is 99.6 cm³/mol. The number of carbonyl (C=O) groups excluding carboxylic acids is 1. The van der Waals surface area contributed by atoms with Crippen LogP contribution >= 0.6 is 0 Å². The van der Waals surface area contributed by atoms with E-state index in [1.54, 1.807) is 4.90 Å². The molecule has 2 aliphatic rings. The highest BCUT2D eigenvalue weighted by atomic mass is 32.2. The molecule has 1 amide bonds. The average molecular weight is 365 g/mol. The number of nitrogens with zero attached hydrogens (tertiary/aromatic N) is 2. The molecular formula is C19H28N2O3S. The van der Waals surface area contributed by atoms with Crippen molar-refractivity contribution in [1.82, 2.24) is 9.80 Å². The smallest absolute Gasteiger partial charge is 0.254 e. The molecule has 0 aliphatic carbocycles. The molecule has 5 nitrogen and oxygen atoms in total. The van der Waals surface area contributed by atoms with Crippen molar-refractivity contribution in [2.75, 3.05) is 31.1 Å². The summed E-state index contributed by atoms with van der Waals surface area (Å²) in [4.78, 5) is 17.2. The maximum Gasteiger partial charge on any atom is 0.254 e. The van der Waals surface area contributed by atoms with Crippen LogP contribution in [0.15, 0.2) is 18.2 Å². The molecule has 2 aliphatic heterocycles. The Bertz CT molecular complexity index is 753. The summed E-state index contributed by atoms with van der Waals surface area (Å²) in [5.41, 5.74) is 2.77. The van der Waals surface area contributed by atoms with E-state index in [4.69, 9.17) is 0 Å². The van der Waals surface area contributed by atoms with Gasteiger partial charge in [-0.25, -0.2) is 8.42 Å². The Hall–Kier alpha value is -1.40. The lowest BCUT2D eigenvalue weighted by molar-refractivity contribution is 0.0297. The van der Waals surface area contributed by atoms with Gasteiger partial charge >= 0.3 is 0 Å². The van der Waals surface area contributed by atoms with Crippen LogP contribution < -0.4 is 0 Å². The van der Waals surface area contributed by atoms with Gasteiger partial charge in [0.05, 0.1) is 17.5 Å². The number of rotatable bonds is 3. The molecule has 2 saturated heterocycles. The van der Waals surface area contributed by atoms with Crippen molar-refractivity contribution in [2.24, 2.45) is 5.92 Å². The molecule has 138 valence electrons. The minimum atomic E-state index is -3.10. The molecule has 0 N–H and O–H groups in total. The van der Waals surface area contributed by atoms with Crippen LogP contribution in [0.4, 0.5) is 0 Å². The zero-order valence-electron chi connectivity index (χ0n) is 15.5. The maximum absolute atomic E-state index is 13.1. The van der Waals surface area contributed by atoms with E-state index in [1.807, 2.05) is 32.0 Å².